The van der Waals surface area contributed by atoms with Crippen LogP contribution in [0.15, 0.2) is 48.5 Å². The fourth-order valence-corrected chi connectivity index (χ4v) is 2.54. The molecule has 5 nitrogen and oxygen atoms in total. The van der Waals surface area contributed by atoms with E-state index in [1.54, 1.807) is 7.11 Å². The fourth-order valence-electron chi connectivity index (χ4n) is 2.42. The quantitative estimate of drug-likeness (QED) is 0.538. The minimum atomic E-state index is -0.227. The number of carbonyl (C=O) groups excluding carboxylic acids is 1. The molecule has 0 spiro atoms. The number of thiocarbonyl (C=S) groups is 1. The third-order valence-corrected chi connectivity index (χ3v) is 4.01. The summed E-state index contributed by atoms with van der Waals surface area (Å²) in [5.74, 6) is 1.17. The van der Waals surface area contributed by atoms with Crippen LogP contribution in [0.3, 0.4) is 0 Å². The van der Waals surface area contributed by atoms with E-state index in [4.69, 9.17) is 17.0 Å². The van der Waals surface area contributed by atoms with Crippen LogP contribution in [0.4, 0.5) is 0 Å². The van der Waals surface area contributed by atoms with E-state index in [0.717, 1.165) is 17.7 Å². The van der Waals surface area contributed by atoms with Crippen molar-refractivity contribution >= 4 is 23.2 Å². The van der Waals surface area contributed by atoms with Crippen molar-refractivity contribution in [2.24, 2.45) is 5.92 Å². The van der Waals surface area contributed by atoms with Crippen molar-refractivity contribution in [3.8, 4) is 5.75 Å². The van der Waals surface area contributed by atoms with Crippen molar-refractivity contribution in [3.05, 3.63) is 65.2 Å². The maximum atomic E-state index is 12.2. The zero-order valence-electron chi connectivity index (χ0n) is 15.3. The number of hydrogen-bond acceptors (Lipinski definition) is 3. The van der Waals surface area contributed by atoms with Gasteiger partial charge in [0.25, 0.3) is 5.91 Å². The normalized spacial score (nSPS) is 10.3. The van der Waals surface area contributed by atoms with Crippen LogP contribution in [0.25, 0.3) is 0 Å². The van der Waals surface area contributed by atoms with Crippen LogP contribution in [-0.2, 0) is 13.0 Å². The Morgan fingerprint density at radius 1 is 1.00 bits per heavy atom. The Morgan fingerprint density at radius 2 is 1.62 bits per heavy atom. The number of rotatable bonds is 6. The number of benzene rings is 2. The molecule has 2 aromatic rings. The highest BCUT2D eigenvalue weighted by atomic mass is 32.1. The molecule has 0 aromatic heterocycles. The van der Waals surface area contributed by atoms with Crippen LogP contribution in [0.1, 0.15) is 35.3 Å². The molecule has 0 heterocycles. The Balaban J connectivity index is 1.76. The monoisotopic (exact) mass is 371 g/mol. The summed E-state index contributed by atoms with van der Waals surface area (Å²) in [5.41, 5.74) is 8.18. The second-order valence-corrected chi connectivity index (χ2v) is 6.81. The van der Waals surface area contributed by atoms with Gasteiger partial charge in [-0.15, -0.1) is 0 Å². The average Bonchev–Trinajstić information content (AvgIpc) is 2.65. The molecular formula is C20H25N3O2S. The van der Waals surface area contributed by atoms with Crippen LogP contribution in [-0.4, -0.2) is 18.1 Å². The Kier molecular flexibility index (Phi) is 7.41. The Bertz CT molecular complexity index is 728. The lowest BCUT2D eigenvalue weighted by atomic mass is 10.0. The van der Waals surface area contributed by atoms with E-state index in [9.17, 15) is 4.79 Å². The summed E-state index contributed by atoms with van der Waals surface area (Å²) in [6, 6.07) is 15.3. The molecule has 138 valence electrons. The lowest BCUT2D eigenvalue weighted by Crippen LogP contribution is -2.46. The van der Waals surface area contributed by atoms with Crippen molar-refractivity contribution < 1.29 is 9.53 Å². The smallest absolute Gasteiger partial charge is 0.269 e. The number of ether oxygens (including phenoxy) is 1. The van der Waals surface area contributed by atoms with E-state index >= 15 is 0 Å². The van der Waals surface area contributed by atoms with Crippen molar-refractivity contribution in [1.82, 2.24) is 16.2 Å². The van der Waals surface area contributed by atoms with Gasteiger partial charge in [0.2, 0.25) is 0 Å². The van der Waals surface area contributed by atoms with Crippen LogP contribution < -0.4 is 20.9 Å². The minimum Gasteiger partial charge on any atom is -0.497 e. The molecule has 0 fully saturated rings. The van der Waals surface area contributed by atoms with Crippen LogP contribution in [0.5, 0.6) is 5.75 Å². The number of hydrazine groups is 1. The molecule has 0 aliphatic carbocycles. The third kappa shape index (κ3) is 6.37. The van der Waals surface area contributed by atoms with Gasteiger partial charge in [0.1, 0.15) is 5.75 Å². The van der Waals surface area contributed by atoms with Gasteiger partial charge in [-0.3, -0.25) is 15.6 Å². The van der Waals surface area contributed by atoms with E-state index in [1.165, 1.54) is 5.56 Å². The average molecular weight is 372 g/mol. The molecule has 0 saturated carbocycles. The highest BCUT2D eigenvalue weighted by Crippen LogP contribution is 2.11. The van der Waals surface area contributed by atoms with Crippen LogP contribution in [0, 0.1) is 5.92 Å². The zero-order valence-corrected chi connectivity index (χ0v) is 16.2. The molecular weight excluding hydrogens is 346 g/mol. The third-order valence-electron chi connectivity index (χ3n) is 3.76. The largest absolute Gasteiger partial charge is 0.497 e. The van der Waals surface area contributed by atoms with E-state index in [-0.39, 0.29) is 5.91 Å². The summed E-state index contributed by atoms with van der Waals surface area (Å²) in [5, 5.41) is 3.39. The molecule has 2 aromatic carbocycles. The Morgan fingerprint density at radius 3 is 2.19 bits per heavy atom. The van der Waals surface area contributed by atoms with Crippen molar-refractivity contribution in [2.75, 3.05) is 7.11 Å². The summed E-state index contributed by atoms with van der Waals surface area (Å²) in [6.45, 7) is 4.89. The lowest BCUT2D eigenvalue weighted by molar-refractivity contribution is 0.0943. The summed E-state index contributed by atoms with van der Waals surface area (Å²) in [6.07, 6.45) is 1.000. The first-order valence-corrected chi connectivity index (χ1v) is 8.95. The van der Waals surface area contributed by atoms with Crippen LogP contribution >= 0.6 is 12.2 Å². The maximum Gasteiger partial charge on any atom is 0.269 e. The number of nitrogens with one attached hydrogen (secondary N) is 3. The molecule has 3 N–H and O–H groups in total. The molecule has 1 amide bonds. The topological polar surface area (TPSA) is 62.4 Å². The summed E-state index contributed by atoms with van der Waals surface area (Å²) < 4.78 is 5.12. The molecule has 26 heavy (non-hydrogen) atoms. The first-order chi connectivity index (χ1) is 12.5. The van der Waals surface area contributed by atoms with E-state index in [1.807, 2.05) is 48.5 Å². The Hall–Kier alpha value is -2.60. The molecule has 0 aliphatic heterocycles. The van der Waals surface area contributed by atoms with Gasteiger partial charge in [0.15, 0.2) is 5.11 Å². The predicted octanol–water partition coefficient (Wildman–Crippen LogP) is 3.20. The molecule has 0 saturated heterocycles. The van der Waals surface area contributed by atoms with Gasteiger partial charge in [-0.2, -0.15) is 0 Å². The fraction of sp³-hybridized carbons (Fsp3) is 0.300. The second-order valence-electron chi connectivity index (χ2n) is 6.40. The number of hydrogen-bond donors (Lipinski definition) is 3. The van der Waals surface area contributed by atoms with Gasteiger partial charge in [-0.05, 0) is 59.9 Å². The highest BCUT2D eigenvalue weighted by Gasteiger charge is 2.06. The summed E-state index contributed by atoms with van der Waals surface area (Å²) in [4.78, 5) is 12.2. The van der Waals surface area contributed by atoms with Crippen molar-refractivity contribution in [3.63, 3.8) is 0 Å². The van der Waals surface area contributed by atoms with Gasteiger partial charge in [-0.1, -0.05) is 38.1 Å². The molecule has 0 aliphatic rings. The molecule has 0 radical (unpaired) electrons. The van der Waals surface area contributed by atoms with Crippen molar-refractivity contribution in [2.45, 2.75) is 26.8 Å². The van der Waals surface area contributed by atoms with Gasteiger partial charge < -0.3 is 10.1 Å². The predicted molar refractivity (Wildman–Crippen MR) is 108 cm³/mol. The standard InChI is InChI=1S/C20H25N3O2S/c1-14(2)12-15-4-8-17(9-5-15)19(24)22-23-20(26)21-13-16-6-10-18(25-3)11-7-16/h4-11,14H,12-13H2,1-3H3,(H,22,24)(H2,21,23,26). The maximum absolute atomic E-state index is 12.2. The van der Waals surface area contributed by atoms with Crippen LogP contribution in [0.2, 0.25) is 0 Å². The van der Waals surface area contributed by atoms with Gasteiger partial charge in [0, 0.05) is 12.1 Å². The molecule has 0 atom stereocenters. The minimum absolute atomic E-state index is 0.227. The zero-order chi connectivity index (χ0) is 18.9. The van der Waals surface area contributed by atoms with E-state index < -0.39 is 0 Å². The molecule has 2 rings (SSSR count). The molecule has 0 unspecified atom stereocenters. The van der Waals surface area contributed by atoms with E-state index in [0.29, 0.717) is 23.1 Å². The number of amides is 1. The van der Waals surface area contributed by atoms with Gasteiger partial charge >= 0.3 is 0 Å². The molecule has 6 heteroatoms. The summed E-state index contributed by atoms with van der Waals surface area (Å²) >= 11 is 5.18. The lowest BCUT2D eigenvalue weighted by Gasteiger charge is -2.12. The van der Waals surface area contributed by atoms with E-state index in [2.05, 4.69) is 30.0 Å². The van der Waals surface area contributed by atoms with Gasteiger partial charge in [-0.25, -0.2) is 0 Å². The number of carbonyl (C=O) groups is 1. The summed E-state index contributed by atoms with van der Waals surface area (Å²) in [7, 11) is 1.63. The first-order valence-electron chi connectivity index (χ1n) is 8.54. The van der Waals surface area contributed by atoms with Gasteiger partial charge in [0.05, 0.1) is 7.11 Å². The number of methoxy groups -OCH3 is 1. The molecule has 0 bridgehead atoms. The SMILES string of the molecule is COc1ccc(CNC(=S)NNC(=O)c2ccc(CC(C)C)cc2)cc1. The van der Waals surface area contributed by atoms with Crippen molar-refractivity contribution in [1.29, 1.82) is 0 Å². The Labute approximate surface area is 160 Å². The second kappa shape index (κ2) is 9.77. The highest BCUT2D eigenvalue weighted by molar-refractivity contribution is 7.80. The first kappa shape index (κ1) is 19.7.